The topological polar surface area (TPSA) is 64.7 Å². The maximum Gasteiger partial charge on any atom is 0.418 e. The fourth-order valence-electron chi connectivity index (χ4n) is 3.27. The summed E-state index contributed by atoms with van der Waals surface area (Å²) in [5, 5.41) is 4.50. The van der Waals surface area contributed by atoms with Crippen LogP contribution >= 0.6 is 0 Å². The van der Waals surface area contributed by atoms with Crippen LogP contribution in [0.15, 0.2) is 54.6 Å². The number of nitrogens with zero attached hydrogens (tertiary/aromatic N) is 2. The molecule has 0 aliphatic carbocycles. The number of halogens is 3. The van der Waals surface area contributed by atoms with Gasteiger partial charge in [0.2, 0.25) is 5.91 Å². The first kappa shape index (κ1) is 21.6. The van der Waals surface area contributed by atoms with Gasteiger partial charge in [-0.3, -0.25) is 9.69 Å². The first-order valence-corrected chi connectivity index (χ1v) is 9.58. The molecule has 30 heavy (non-hydrogen) atoms. The summed E-state index contributed by atoms with van der Waals surface area (Å²) < 4.78 is 39.0. The molecule has 2 aromatic rings. The Hall–Kier alpha value is -3.07. The van der Waals surface area contributed by atoms with E-state index in [4.69, 9.17) is 0 Å². The Morgan fingerprint density at radius 3 is 2.20 bits per heavy atom. The van der Waals surface area contributed by atoms with Gasteiger partial charge in [-0.2, -0.15) is 13.2 Å². The van der Waals surface area contributed by atoms with Gasteiger partial charge in [0.15, 0.2) is 0 Å². The van der Waals surface area contributed by atoms with Crippen LogP contribution in [0.25, 0.3) is 0 Å². The summed E-state index contributed by atoms with van der Waals surface area (Å²) in [4.78, 5) is 28.2. The van der Waals surface area contributed by atoms with Crippen molar-refractivity contribution < 1.29 is 22.8 Å². The number of hydrogen-bond acceptors (Lipinski definition) is 3. The molecule has 1 heterocycles. The molecule has 0 atom stereocenters. The van der Waals surface area contributed by atoms with Crippen LogP contribution in [-0.2, 0) is 17.5 Å². The number of carbonyl (C=O) groups excluding carboxylic acids is 2. The highest BCUT2D eigenvalue weighted by molar-refractivity contribution is 5.93. The Balaban J connectivity index is 1.43. The van der Waals surface area contributed by atoms with Crippen molar-refractivity contribution in [2.75, 3.05) is 38.0 Å². The highest BCUT2D eigenvalue weighted by atomic mass is 19.4. The third kappa shape index (κ3) is 5.96. The number of carbonyl (C=O) groups is 2. The molecular formula is C21H23F3N4O2. The number of nitrogens with one attached hydrogen (secondary N) is 2. The Kier molecular flexibility index (Phi) is 6.94. The number of para-hydroxylation sites is 1. The average Bonchev–Trinajstić information content (AvgIpc) is 2.73. The van der Waals surface area contributed by atoms with Gasteiger partial charge in [-0.25, -0.2) is 4.79 Å². The van der Waals surface area contributed by atoms with Gasteiger partial charge >= 0.3 is 12.2 Å². The normalized spacial score (nSPS) is 15.0. The maximum atomic E-state index is 13.0. The number of piperazine rings is 1. The summed E-state index contributed by atoms with van der Waals surface area (Å²) in [6, 6.07) is 13.9. The highest BCUT2D eigenvalue weighted by Gasteiger charge is 2.33. The van der Waals surface area contributed by atoms with Crippen LogP contribution in [0.4, 0.5) is 23.7 Å². The van der Waals surface area contributed by atoms with Crippen LogP contribution in [-0.4, -0.2) is 54.5 Å². The van der Waals surface area contributed by atoms with Crippen molar-refractivity contribution >= 4 is 17.6 Å². The molecule has 0 radical (unpaired) electrons. The predicted octanol–water partition coefficient (Wildman–Crippen LogP) is 3.17. The van der Waals surface area contributed by atoms with Gasteiger partial charge in [-0.1, -0.05) is 42.5 Å². The lowest BCUT2D eigenvalue weighted by atomic mass is 10.1. The molecule has 0 unspecified atom stereocenters. The second-order valence-electron chi connectivity index (χ2n) is 6.99. The third-order valence-electron chi connectivity index (χ3n) is 4.85. The second-order valence-corrected chi connectivity index (χ2v) is 6.99. The number of urea groups is 1. The first-order valence-electron chi connectivity index (χ1n) is 9.58. The van der Waals surface area contributed by atoms with Crippen LogP contribution < -0.4 is 10.6 Å². The second kappa shape index (κ2) is 9.62. The quantitative estimate of drug-likeness (QED) is 0.781. The Morgan fingerprint density at radius 1 is 0.900 bits per heavy atom. The van der Waals surface area contributed by atoms with Gasteiger partial charge in [0, 0.05) is 32.7 Å². The summed E-state index contributed by atoms with van der Waals surface area (Å²) in [6.07, 6.45) is -4.58. The van der Waals surface area contributed by atoms with Crippen LogP contribution in [0.2, 0.25) is 0 Å². The predicted molar refractivity (Wildman–Crippen MR) is 107 cm³/mol. The average molecular weight is 420 g/mol. The Bertz CT molecular complexity index is 866. The van der Waals surface area contributed by atoms with Crippen molar-refractivity contribution in [3.63, 3.8) is 0 Å². The van der Waals surface area contributed by atoms with E-state index < -0.39 is 17.8 Å². The zero-order valence-corrected chi connectivity index (χ0v) is 16.3. The fourth-order valence-corrected chi connectivity index (χ4v) is 3.27. The van der Waals surface area contributed by atoms with Crippen molar-refractivity contribution in [1.29, 1.82) is 0 Å². The summed E-state index contributed by atoms with van der Waals surface area (Å²) in [6.45, 7) is 3.02. The van der Waals surface area contributed by atoms with Crippen molar-refractivity contribution in [2.24, 2.45) is 0 Å². The number of hydrogen-bond donors (Lipinski definition) is 2. The molecule has 1 aliphatic rings. The minimum Gasteiger partial charge on any atom is -0.339 e. The third-order valence-corrected chi connectivity index (χ3v) is 4.85. The van der Waals surface area contributed by atoms with E-state index in [2.05, 4.69) is 27.7 Å². The summed E-state index contributed by atoms with van der Waals surface area (Å²) >= 11 is 0. The molecule has 0 spiro atoms. The van der Waals surface area contributed by atoms with Gasteiger partial charge in [-0.05, 0) is 17.7 Å². The van der Waals surface area contributed by atoms with Crippen LogP contribution in [0, 0.1) is 0 Å². The molecule has 0 bridgehead atoms. The minimum atomic E-state index is -4.58. The highest BCUT2D eigenvalue weighted by Crippen LogP contribution is 2.34. The molecular weight excluding hydrogens is 397 g/mol. The number of alkyl halides is 3. The molecule has 1 fully saturated rings. The standard InChI is InChI=1S/C21H23F3N4O2/c22-21(23,24)17-8-4-5-9-18(17)26-20(30)25-14-19(29)28-12-10-27(11-13-28)15-16-6-2-1-3-7-16/h1-9H,10-15H2,(H2,25,26,30). The number of rotatable bonds is 5. The van der Waals surface area contributed by atoms with E-state index in [0.717, 1.165) is 18.7 Å². The SMILES string of the molecule is O=C(NCC(=O)N1CCN(Cc2ccccc2)CC1)Nc1ccccc1C(F)(F)F. The van der Waals surface area contributed by atoms with E-state index in [0.29, 0.717) is 26.2 Å². The Morgan fingerprint density at radius 2 is 1.53 bits per heavy atom. The molecule has 3 rings (SSSR count). The van der Waals surface area contributed by atoms with Gasteiger partial charge in [-0.15, -0.1) is 0 Å². The van der Waals surface area contributed by atoms with Gasteiger partial charge in [0.05, 0.1) is 17.8 Å². The maximum absolute atomic E-state index is 13.0. The van der Waals surface area contributed by atoms with E-state index in [1.54, 1.807) is 4.90 Å². The van der Waals surface area contributed by atoms with Crippen LogP contribution in [0.3, 0.4) is 0 Å². The zero-order valence-electron chi connectivity index (χ0n) is 16.3. The molecule has 1 aliphatic heterocycles. The summed E-state index contributed by atoms with van der Waals surface area (Å²) in [5.74, 6) is -0.270. The van der Waals surface area contributed by atoms with Crippen molar-refractivity contribution in [3.8, 4) is 0 Å². The molecule has 3 amide bonds. The molecule has 9 heteroatoms. The first-order chi connectivity index (χ1) is 14.3. The number of amides is 3. The molecule has 2 N–H and O–H groups in total. The smallest absolute Gasteiger partial charge is 0.339 e. The number of benzene rings is 2. The molecule has 2 aromatic carbocycles. The molecule has 160 valence electrons. The van der Waals surface area contributed by atoms with Crippen molar-refractivity contribution in [2.45, 2.75) is 12.7 Å². The lowest BCUT2D eigenvalue weighted by Gasteiger charge is -2.34. The van der Waals surface area contributed by atoms with Crippen molar-refractivity contribution in [3.05, 3.63) is 65.7 Å². The van der Waals surface area contributed by atoms with E-state index in [-0.39, 0.29) is 18.1 Å². The van der Waals surface area contributed by atoms with Crippen LogP contribution in [0.5, 0.6) is 0 Å². The summed E-state index contributed by atoms with van der Waals surface area (Å²) in [7, 11) is 0. The van der Waals surface area contributed by atoms with E-state index >= 15 is 0 Å². The summed E-state index contributed by atoms with van der Waals surface area (Å²) in [5.41, 5.74) is -0.0970. The monoisotopic (exact) mass is 420 g/mol. The largest absolute Gasteiger partial charge is 0.418 e. The fraction of sp³-hybridized carbons (Fsp3) is 0.333. The minimum absolute atomic E-state index is 0.270. The Labute approximate surface area is 172 Å². The van der Waals surface area contributed by atoms with Crippen molar-refractivity contribution in [1.82, 2.24) is 15.1 Å². The lowest BCUT2D eigenvalue weighted by Crippen LogP contribution is -2.51. The van der Waals surface area contributed by atoms with Crippen LogP contribution in [0.1, 0.15) is 11.1 Å². The van der Waals surface area contributed by atoms with Gasteiger partial charge in [0.1, 0.15) is 0 Å². The van der Waals surface area contributed by atoms with Gasteiger partial charge < -0.3 is 15.5 Å². The zero-order chi connectivity index (χ0) is 21.6. The molecule has 0 aromatic heterocycles. The van der Waals surface area contributed by atoms with Gasteiger partial charge in [0.25, 0.3) is 0 Å². The number of anilines is 1. The van der Waals surface area contributed by atoms with E-state index in [9.17, 15) is 22.8 Å². The van der Waals surface area contributed by atoms with E-state index in [1.807, 2.05) is 18.2 Å². The van der Waals surface area contributed by atoms with E-state index in [1.165, 1.54) is 17.7 Å². The molecule has 1 saturated heterocycles. The molecule has 6 nitrogen and oxygen atoms in total. The lowest BCUT2D eigenvalue weighted by molar-refractivity contribution is -0.137. The molecule has 0 saturated carbocycles.